The monoisotopic (exact) mass is 536 g/mol. The number of hydrogen-bond donors (Lipinski definition) is 0. The first-order valence-electron chi connectivity index (χ1n) is 14.7. The van der Waals surface area contributed by atoms with Gasteiger partial charge in [-0.05, 0) is 24.5 Å². The Balaban J connectivity index is 1.42. The van der Waals surface area contributed by atoms with Gasteiger partial charge in [-0.1, -0.05) is 74.0 Å². The van der Waals surface area contributed by atoms with Crippen molar-refractivity contribution >= 4 is 12.1 Å². The molecule has 3 aliphatic heterocycles. The van der Waals surface area contributed by atoms with Gasteiger partial charge in [-0.3, -0.25) is 0 Å². The third-order valence-electron chi connectivity index (χ3n) is 9.00. The molecule has 1 spiro atoms. The Morgan fingerprint density at radius 2 is 1.49 bits per heavy atom. The summed E-state index contributed by atoms with van der Waals surface area (Å²) >= 11 is 0. The Morgan fingerprint density at radius 3 is 2.03 bits per heavy atom. The SMILES string of the molecule is CCCCOC(=O)OC(C)OC(C(=O)OC1CC2CCC(C1)[N+]21CCCC1)(c1ccccc1)c1ccccc1. The molecule has 0 radical (unpaired) electrons. The fourth-order valence-corrected chi connectivity index (χ4v) is 7.22. The lowest BCUT2D eigenvalue weighted by Crippen LogP contribution is -2.60. The smallest absolute Gasteiger partial charge is 0.459 e. The molecular weight excluding hydrogens is 494 g/mol. The molecule has 2 aromatic carbocycles. The molecule has 3 fully saturated rings. The normalized spacial score (nSPS) is 24.3. The summed E-state index contributed by atoms with van der Waals surface area (Å²) < 4.78 is 24.7. The third-order valence-corrected chi connectivity index (χ3v) is 9.00. The Morgan fingerprint density at radius 1 is 0.923 bits per heavy atom. The first-order chi connectivity index (χ1) is 19.0. The summed E-state index contributed by atoms with van der Waals surface area (Å²) in [6.07, 6.45) is 6.41. The van der Waals surface area contributed by atoms with Gasteiger partial charge in [0.25, 0.3) is 0 Å². The van der Waals surface area contributed by atoms with Crippen LogP contribution >= 0.6 is 0 Å². The van der Waals surface area contributed by atoms with Gasteiger partial charge in [0.2, 0.25) is 11.9 Å². The van der Waals surface area contributed by atoms with E-state index < -0.39 is 24.0 Å². The molecule has 3 unspecified atom stereocenters. The van der Waals surface area contributed by atoms with E-state index in [4.69, 9.17) is 18.9 Å². The number of piperidine rings is 1. The first-order valence-corrected chi connectivity index (χ1v) is 14.7. The molecule has 2 aromatic rings. The molecule has 39 heavy (non-hydrogen) atoms. The van der Waals surface area contributed by atoms with Crippen LogP contribution < -0.4 is 0 Å². The van der Waals surface area contributed by atoms with Crippen molar-refractivity contribution in [2.75, 3.05) is 19.7 Å². The molecule has 0 aliphatic carbocycles. The molecule has 0 saturated carbocycles. The highest BCUT2D eigenvalue weighted by atomic mass is 16.8. The molecule has 0 aromatic heterocycles. The summed E-state index contributed by atoms with van der Waals surface area (Å²) in [6, 6.07) is 19.8. The van der Waals surface area contributed by atoms with Gasteiger partial charge in [0.1, 0.15) is 6.10 Å². The van der Waals surface area contributed by atoms with Crippen molar-refractivity contribution in [3.63, 3.8) is 0 Å². The number of esters is 1. The fourth-order valence-electron chi connectivity index (χ4n) is 7.22. The molecule has 3 atom stereocenters. The van der Waals surface area contributed by atoms with Gasteiger partial charge in [0.05, 0.1) is 31.8 Å². The van der Waals surface area contributed by atoms with Gasteiger partial charge >= 0.3 is 12.1 Å². The molecular formula is C32H42NO6+. The fraction of sp³-hybridized carbons (Fsp3) is 0.562. The Hall–Kier alpha value is -2.90. The average molecular weight is 537 g/mol. The summed E-state index contributed by atoms with van der Waals surface area (Å²) in [5.74, 6) is -0.478. The van der Waals surface area contributed by atoms with Crippen LogP contribution in [0.3, 0.4) is 0 Å². The summed E-state index contributed by atoms with van der Waals surface area (Å²) in [6.45, 7) is 6.43. The van der Waals surface area contributed by atoms with E-state index in [1.165, 1.54) is 43.3 Å². The van der Waals surface area contributed by atoms with Gasteiger partial charge in [0, 0.05) is 38.5 Å². The maximum atomic E-state index is 14.4. The number of unbranched alkanes of at least 4 members (excludes halogenated alkanes) is 1. The highest BCUT2D eigenvalue weighted by molar-refractivity contribution is 5.86. The predicted molar refractivity (Wildman–Crippen MR) is 147 cm³/mol. The van der Waals surface area contributed by atoms with Crippen molar-refractivity contribution in [1.29, 1.82) is 0 Å². The van der Waals surface area contributed by atoms with Crippen LogP contribution in [-0.2, 0) is 29.3 Å². The molecule has 3 aliphatic rings. The van der Waals surface area contributed by atoms with Crippen LogP contribution in [0.4, 0.5) is 4.79 Å². The molecule has 3 saturated heterocycles. The van der Waals surface area contributed by atoms with Crippen LogP contribution in [0.15, 0.2) is 60.7 Å². The van der Waals surface area contributed by atoms with E-state index in [-0.39, 0.29) is 12.7 Å². The summed E-state index contributed by atoms with van der Waals surface area (Å²) in [5.41, 5.74) is -0.363. The van der Waals surface area contributed by atoms with E-state index in [2.05, 4.69) is 0 Å². The standard InChI is InChI=1S/C32H42NO6/c1-3-4-21-36-31(35)37-24(2)39-32(25-13-7-5-8-14-25,26-15-9-6-10-16-26)30(34)38-29-22-27-17-18-28(23-29)33(27)19-11-12-20-33/h5-10,13-16,24,27-29H,3-4,11-12,17-23H2,1-2H3/q+1. The van der Waals surface area contributed by atoms with Crippen molar-refractivity contribution < 1.29 is 33.0 Å². The van der Waals surface area contributed by atoms with Gasteiger partial charge < -0.3 is 23.4 Å². The zero-order valence-electron chi connectivity index (χ0n) is 23.3. The summed E-state index contributed by atoms with van der Waals surface area (Å²) in [4.78, 5) is 26.7. The van der Waals surface area contributed by atoms with Crippen LogP contribution in [0.5, 0.6) is 0 Å². The highest BCUT2D eigenvalue weighted by Crippen LogP contribution is 2.47. The Kier molecular flexibility index (Phi) is 8.57. The number of carbonyl (C=O) groups excluding carboxylic acids is 2. The van der Waals surface area contributed by atoms with Crippen molar-refractivity contribution in [3.8, 4) is 0 Å². The van der Waals surface area contributed by atoms with Gasteiger partial charge in [-0.25, -0.2) is 9.59 Å². The topological polar surface area (TPSA) is 71.1 Å². The zero-order valence-corrected chi connectivity index (χ0v) is 23.3. The summed E-state index contributed by atoms with van der Waals surface area (Å²) in [7, 11) is 0. The zero-order chi connectivity index (χ0) is 27.3. The highest BCUT2D eigenvalue weighted by Gasteiger charge is 2.57. The maximum Gasteiger partial charge on any atom is 0.510 e. The van der Waals surface area contributed by atoms with Gasteiger partial charge in [-0.2, -0.15) is 0 Å². The number of nitrogens with zero attached hydrogens (tertiary/aromatic N) is 1. The van der Waals surface area contributed by atoms with Gasteiger partial charge in [-0.15, -0.1) is 0 Å². The number of hydrogen-bond acceptors (Lipinski definition) is 6. The van der Waals surface area contributed by atoms with Gasteiger partial charge in [0.15, 0.2) is 0 Å². The largest absolute Gasteiger partial charge is 0.510 e. The predicted octanol–water partition coefficient (Wildman–Crippen LogP) is 6.09. The number of carbonyl (C=O) groups is 2. The van der Waals surface area contributed by atoms with Crippen molar-refractivity contribution in [2.45, 2.75) is 95.3 Å². The lowest BCUT2D eigenvalue weighted by Gasteiger charge is -2.47. The van der Waals surface area contributed by atoms with E-state index in [0.717, 1.165) is 25.7 Å². The second-order valence-electron chi connectivity index (χ2n) is 11.3. The first kappa shape index (κ1) is 27.7. The minimum Gasteiger partial charge on any atom is -0.459 e. The number of benzene rings is 2. The summed E-state index contributed by atoms with van der Waals surface area (Å²) in [5, 5.41) is 0. The molecule has 210 valence electrons. The molecule has 3 heterocycles. The number of quaternary nitrogens is 1. The second-order valence-corrected chi connectivity index (χ2v) is 11.3. The molecule has 2 bridgehead atoms. The van der Waals surface area contributed by atoms with E-state index in [9.17, 15) is 9.59 Å². The van der Waals surface area contributed by atoms with Crippen LogP contribution in [0, 0.1) is 0 Å². The van der Waals surface area contributed by atoms with Crippen LogP contribution in [0.25, 0.3) is 0 Å². The lowest BCUT2D eigenvalue weighted by molar-refractivity contribution is -0.956. The molecule has 7 nitrogen and oxygen atoms in total. The number of rotatable bonds is 10. The lowest BCUT2D eigenvalue weighted by atomic mass is 9.85. The average Bonchev–Trinajstić information content (AvgIpc) is 3.49. The van der Waals surface area contributed by atoms with Crippen molar-refractivity contribution in [1.82, 2.24) is 0 Å². The van der Waals surface area contributed by atoms with E-state index in [0.29, 0.717) is 23.2 Å². The second kappa shape index (κ2) is 12.1. The Bertz CT molecular complexity index is 1040. The number of ether oxygens (including phenoxy) is 4. The van der Waals surface area contributed by atoms with Crippen molar-refractivity contribution in [2.24, 2.45) is 0 Å². The maximum absolute atomic E-state index is 14.4. The molecule has 0 N–H and O–H groups in total. The third kappa shape index (κ3) is 5.57. The quantitative estimate of drug-likeness (QED) is 0.158. The van der Waals surface area contributed by atoms with E-state index in [1.807, 2.05) is 67.6 Å². The van der Waals surface area contributed by atoms with Crippen LogP contribution in [-0.4, -0.2) is 60.8 Å². The molecule has 7 heteroatoms. The van der Waals surface area contributed by atoms with E-state index in [1.54, 1.807) is 6.92 Å². The molecule has 0 amide bonds. The van der Waals surface area contributed by atoms with Crippen LogP contribution in [0.2, 0.25) is 0 Å². The van der Waals surface area contributed by atoms with Crippen LogP contribution in [0.1, 0.15) is 76.3 Å². The van der Waals surface area contributed by atoms with Crippen molar-refractivity contribution in [3.05, 3.63) is 71.8 Å². The molecule has 5 rings (SSSR count). The minimum atomic E-state index is -1.61. The Labute approximate surface area is 232 Å². The minimum absolute atomic E-state index is 0.162. The van der Waals surface area contributed by atoms with E-state index >= 15 is 0 Å².